The number of aromatic hydroxyl groups is 2. The predicted octanol–water partition coefficient (Wildman–Crippen LogP) is 5.21. The third-order valence-electron chi connectivity index (χ3n) is 6.17. The lowest BCUT2D eigenvalue weighted by atomic mass is 10.1. The minimum Gasteiger partial charge on any atom is -0.508 e. The number of likely N-dealkylation sites (tertiary alicyclic amines) is 1. The van der Waals surface area contributed by atoms with Crippen LogP contribution in [0.25, 0.3) is 22.2 Å². The number of aryl methyl sites for hydroxylation is 2. The third kappa shape index (κ3) is 4.16. The van der Waals surface area contributed by atoms with Crippen LogP contribution in [0.2, 0.25) is 0 Å². The Bertz CT molecular complexity index is 1030. The zero-order valence-corrected chi connectivity index (χ0v) is 17.6. The summed E-state index contributed by atoms with van der Waals surface area (Å²) in [7, 11) is 0. The number of aromatic nitrogens is 1. The largest absolute Gasteiger partial charge is 0.508 e. The zero-order chi connectivity index (χ0) is 21.1. The van der Waals surface area contributed by atoms with E-state index in [-0.39, 0.29) is 11.5 Å². The van der Waals surface area contributed by atoms with Crippen LogP contribution in [0.5, 0.6) is 11.5 Å². The van der Waals surface area contributed by atoms with Gasteiger partial charge in [-0.3, -0.25) is 4.79 Å². The number of carbonyl (C=O) groups is 1. The van der Waals surface area contributed by atoms with Crippen LogP contribution in [0.1, 0.15) is 44.1 Å². The Morgan fingerprint density at radius 2 is 1.63 bits per heavy atom. The molecule has 158 valence electrons. The maximum Gasteiger partial charge on any atom is 0.222 e. The second-order valence-electron chi connectivity index (χ2n) is 8.27. The molecule has 30 heavy (non-hydrogen) atoms. The molecule has 0 unspecified atom stereocenters. The first-order chi connectivity index (χ1) is 14.5. The fourth-order valence-electron chi connectivity index (χ4n) is 4.58. The van der Waals surface area contributed by atoms with Gasteiger partial charge in [-0.1, -0.05) is 6.42 Å². The van der Waals surface area contributed by atoms with Gasteiger partial charge in [-0.15, -0.1) is 0 Å². The van der Waals surface area contributed by atoms with E-state index in [9.17, 15) is 15.0 Å². The first-order valence-corrected chi connectivity index (χ1v) is 10.9. The molecular formula is C25H30N2O3. The maximum absolute atomic E-state index is 12.2. The molecule has 0 radical (unpaired) electrons. The quantitative estimate of drug-likeness (QED) is 0.529. The first-order valence-electron chi connectivity index (χ1n) is 10.9. The summed E-state index contributed by atoms with van der Waals surface area (Å²) in [6.07, 6.45) is 5.84. The van der Waals surface area contributed by atoms with Gasteiger partial charge in [-0.2, -0.15) is 0 Å². The van der Waals surface area contributed by atoms with Gasteiger partial charge < -0.3 is 19.7 Å². The SMILES string of the molecule is Cc1c(-c2ccc(O)cc2)n(CCCCCC(=O)N2CCCC2)c2ccc(O)cc12. The zero-order valence-electron chi connectivity index (χ0n) is 17.6. The summed E-state index contributed by atoms with van der Waals surface area (Å²) >= 11 is 0. The molecule has 3 aromatic rings. The van der Waals surface area contributed by atoms with Crippen LogP contribution in [0, 0.1) is 6.92 Å². The smallest absolute Gasteiger partial charge is 0.222 e. The summed E-state index contributed by atoms with van der Waals surface area (Å²) in [5.41, 5.74) is 4.38. The predicted molar refractivity (Wildman–Crippen MR) is 120 cm³/mol. The van der Waals surface area contributed by atoms with Crippen molar-refractivity contribution in [2.24, 2.45) is 0 Å². The van der Waals surface area contributed by atoms with Gasteiger partial charge in [-0.05, 0) is 86.2 Å². The van der Waals surface area contributed by atoms with Crippen LogP contribution >= 0.6 is 0 Å². The van der Waals surface area contributed by atoms with Crippen LogP contribution in [0.4, 0.5) is 0 Å². The molecule has 1 aliphatic heterocycles. The molecule has 1 aromatic heterocycles. The lowest BCUT2D eigenvalue weighted by Gasteiger charge is -2.15. The summed E-state index contributed by atoms with van der Waals surface area (Å²) in [5, 5.41) is 20.7. The van der Waals surface area contributed by atoms with Gasteiger partial charge in [0.15, 0.2) is 0 Å². The third-order valence-corrected chi connectivity index (χ3v) is 6.17. The van der Waals surface area contributed by atoms with E-state index >= 15 is 0 Å². The number of carbonyl (C=O) groups excluding carboxylic acids is 1. The van der Waals surface area contributed by atoms with Gasteiger partial charge in [0.1, 0.15) is 11.5 Å². The molecule has 0 saturated carbocycles. The highest BCUT2D eigenvalue weighted by Crippen LogP contribution is 2.36. The fraction of sp³-hybridized carbons (Fsp3) is 0.400. The number of benzene rings is 2. The van der Waals surface area contributed by atoms with Crippen LogP contribution < -0.4 is 0 Å². The molecule has 1 fully saturated rings. The minimum atomic E-state index is 0.249. The van der Waals surface area contributed by atoms with Crippen molar-refractivity contribution in [3.8, 4) is 22.8 Å². The lowest BCUT2D eigenvalue weighted by Crippen LogP contribution is -2.27. The van der Waals surface area contributed by atoms with Crippen molar-refractivity contribution in [2.45, 2.75) is 52.0 Å². The number of hydrogen-bond donors (Lipinski definition) is 2. The van der Waals surface area contributed by atoms with Crippen molar-refractivity contribution in [3.05, 3.63) is 48.0 Å². The van der Waals surface area contributed by atoms with Crippen molar-refractivity contribution >= 4 is 16.8 Å². The van der Waals surface area contributed by atoms with Gasteiger partial charge in [0.2, 0.25) is 5.91 Å². The maximum atomic E-state index is 12.2. The Balaban J connectivity index is 1.50. The van der Waals surface area contributed by atoms with Crippen molar-refractivity contribution in [1.29, 1.82) is 0 Å². The topological polar surface area (TPSA) is 65.7 Å². The Kier molecular flexibility index (Phi) is 5.98. The van der Waals surface area contributed by atoms with Crippen LogP contribution in [0.3, 0.4) is 0 Å². The number of nitrogens with zero attached hydrogens (tertiary/aromatic N) is 2. The molecule has 5 nitrogen and oxygen atoms in total. The van der Waals surface area contributed by atoms with Crippen molar-refractivity contribution in [1.82, 2.24) is 9.47 Å². The molecule has 2 heterocycles. The van der Waals surface area contributed by atoms with E-state index in [2.05, 4.69) is 11.5 Å². The van der Waals surface area contributed by atoms with Crippen LogP contribution in [0.15, 0.2) is 42.5 Å². The molecule has 5 heteroatoms. The molecule has 2 aromatic carbocycles. The number of phenols is 2. The number of amides is 1. The molecule has 4 rings (SSSR count). The summed E-state index contributed by atoms with van der Waals surface area (Å²) in [6.45, 7) is 4.78. The number of hydrogen-bond acceptors (Lipinski definition) is 3. The molecule has 1 amide bonds. The Morgan fingerprint density at radius 3 is 2.37 bits per heavy atom. The Hall–Kier alpha value is -2.95. The molecule has 0 bridgehead atoms. The number of unbranched alkanes of at least 4 members (excludes halogenated alkanes) is 2. The van der Waals surface area contributed by atoms with Gasteiger partial charge >= 0.3 is 0 Å². The monoisotopic (exact) mass is 406 g/mol. The van der Waals surface area contributed by atoms with Gasteiger partial charge in [0.25, 0.3) is 0 Å². The second-order valence-corrected chi connectivity index (χ2v) is 8.27. The summed E-state index contributed by atoms with van der Waals surface area (Å²) < 4.78 is 2.30. The molecule has 0 atom stereocenters. The van der Waals surface area contributed by atoms with Gasteiger partial charge in [0.05, 0.1) is 5.69 Å². The standard InChI is InChI=1S/C25H30N2O3/c1-18-22-17-21(29)12-13-23(22)27(25(18)19-8-10-20(28)11-9-19)16-4-2-3-7-24(30)26-14-5-6-15-26/h8-13,17,28-29H,2-7,14-16H2,1H3. The highest BCUT2D eigenvalue weighted by atomic mass is 16.3. The highest BCUT2D eigenvalue weighted by molar-refractivity contribution is 5.92. The van der Waals surface area contributed by atoms with Crippen LogP contribution in [-0.4, -0.2) is 38.7 Å². The molecule has 0 aliphatic carbocycles. The lowest BCUT2D eigenvalue weighted by molar-refractivity contribution is -0.130. The van der Waals surface area contributed by atoms with E-state index in [1.165, 1.54) is 0 Å². The van der Waals surface area contributed by atoms with Gasteiger partial charge in [-0.25, -0.2) is 0 Å². The summed E-state index contributed by atoms with van der Waals surface area (Å²) in [6, 6.07) is 12.8. The van der Waals surface area contributed by atoms with Crippen LogP contribution in [-0.2, 0) is 11.3 Å². The molecule has 1 saturated heterocycles. The number of phenolic OH excluding ortho intramolecular Hbond substituents is 2. The molecule has 2 N–H and O–H groups in total. The molecule has 1 aliphatic rings. The molecule has 0 spiro atoms. The van der Waals surface area contributed by atoms with Crippen molar-refractivity contribution in [2.75, 3.05) is 13.1 Å². The van der Waals surface area contributed by atoms with Crippen molar-refractivity contribution < 1.29 is 15.0 Å². The van der Waals surface area contributed by atoms with E-state index in [1.807, 2.05) is 29.2 Å². The first kappa shape index (κ1) is 20.3. The Labute approximate surface area is 177 Å². The van der Waals surface area contributed by atoms with Gasteiger partial charge in [0, 0.05) is 37.0 Å². The van der Waals surface area contributed by atoms with E-state index in [1.54, 1.807) is 18.2 Å². The number of fused-ring (bicyclic) bond motifs is 1. The average molecular weight is 407 g/mol. The average Bonchev–Trinajstić information content (AvgIpc) is 3.36. The summed E-state index contributed by atoms with van der Waals surface area (Å²) in [4.78, 5) is 14.2. The van der Waals surface area contributed by atoms with E-state index < -0.39 is 0 Å². The highest BCUT2D eigenvalue weighted by Gasteiger charge is 2.18. The summed E-state index contributed by atoms with van der Waals surface area (Å²) in [5.74, 6) is 0.815. The fourth-order valence-corrected chi connectivity index (χ4v) is 4.58. The van der Waals surface area contributed by atoms with Crippen molar-refractivity contribution in [3.63, 3.8) is 0 Å². The van der Waals surface area contributed by atoms with E-state index in [0.29, 0.717) is 12.3 Å². The van der Waals surface area contributed by atoms with E-state index in [0.717, 1.165) is 79.5 Å². The molecular weight excluding hydrogens is 376 g/mol. The second kappa shape index (κ2) is 8.82. The Morgan fingerprint density at radius 1 is 0.933 bits per heavy atom. The minimum absolute atomic E-state index is 0.249. The number of rotatable bonds is 7. The van der Waals surface area contributed by atoms with E-state index in [4.69, 9.17) is 0 Å². The normalized spacial score (nSPS) is 14.0.